The number of carbonyl (C=O) groups excluding carboxylic acids is 1. The number of nitrogens with zero attached hydrogens (tertiary/aromatic N) is 1. The van der Waals surface area contributed by atoms with Crippen molar-refractivity contribution in [3.8, 4) is 0 Å². The Balaban J connectivity index is 1.63. The van der Waals surface area contributed by atoms with E-state index < -0.39 is 5.41 Å². The van der Waals surface area contributed by atoms with Crippen LogP contribution in [-0.2, 0) is 14.9 Å². The predicted octanol–water partition coefficient (Wildman–Crippen LogP) is 3.30. The molecule has 3 aliphatic rings. The molecule has 0 radical (unpaired) electrons. The standard InChI is InChI=1S/C20H24FNO2/c21-18-7-3-6-17(12-18)20(8-10-24-11-9-20)19(23)22-13-15-4-1-2-5-16(15)14-22/h1-3,6-7,12,15-16H,4-5,8-11,13-14H2/t15-,16-/m1/s1. The summed E-state index contributed by atoms with van der Waals surface area (Å²) < 4.78 is 19.3. The lowest BCUT2D eigenvalue weighted by Crippen LogP contribution is -2.49. The number of ether oxygens (including phenoxy) is 1. The van der Waals surface area contributed by atoms with Gasteiger partial charge < -0.3 is 9.64 Å². The number of rotatable bonds is 2. The first-order valence-electron chi connectivity index (χ1n) is 8.97. The first-order valence-corrected chi connectivity index (χ1v) is 8.97. The molecule has 1 aromatic rings. The highest BCUT2D eigenvalue weighted by atomic mass is 19.1. The average Bonchev–Trinajstić information content (AvgIpc) is 3.06. The minimum absolute atomic E-state index is 0.172. The zero-order valence-corrected chi connectivity index (χ0v) is 13.9. The van der Waals surface area contributed by atoms with E-state index in [1.54, 1.807) is 6.07 Å². The number of halogens is 1. The second-order valence-electron chi connectivity index (χ2n) is 7.38. The molecule has 2 fully saturated rings. The van der Waals surface area contributed by atoms with Gasteiger partial charge in [-0.15, -0.1) is 0 Å². The van der Waals surface area contributed by atoms with Gasteiger partial charge in [0.2, 0.25) is 5.91 Å². The Morgan fingerprint density at radius 2 is 1.79 bits per heavy atom. The molecule has 4 heteroatoms. The van der Waals surface area contributed by atoms with Crippen molar-refractivity contribution in [1.82, 2.24) is 4.90 Å². The van der Waals surface area contributed by atoms with Crippen molar-refractivity contribution in [3.63, 3.8) is 0 Å². The van der Waals surface area contributed by atoms with E-state index in [0.717, 1.165) is 31.5 Å². The molecule has 1 aliphatic carbocycles. The molecular formula is C20H24FNO2. The van der Waals surface area contributed by atoms with Crippen molar-refractivity contribution in [3.05, 3.63) is 47.8 Å². The Morgan fingerprint density at radius 1 is 1.12 bits per heavy atom. The fourth-order valence-corrected chi connectivity index (χ4v) is 4.62. The summed E-state index contributed by atoms with van der Waals surface area (Å²) in [7, 11) is 0. The Hall–Kier alpha value is -1.68. The molecule has 0 unspecified atom stereocenters. The third-order valence-electron chi connectivity index (χ3n) is 6.04. The molecular weight excluding hydrogens is 305 g/mol. The van der Waals surface area contributed by atoms with Gasteiger partial charge in [-0.05, 0) is 55.2 Å². The first-order chi connectivity index (χ1) is 11.7. The fraction of sp³-hybridized carbons (Fsp3) is 0.550. The largest absolute Gasteiger partial charge is 0.381 e. The summed E-state index contributed by atoms with van der Waals surface area (Å²) in [6.45, 7) is 2.80. The molecule has 0 bridgehead atoms. The third kappa shape index (κ3) is 2.67. The molecule has 1 aromatic carbocycles. The van der Waals surface area contributed by atoms with Crippen LogP contribution in [-0.4, -0.2) is 37.1 Å². The van der Waals surface area contributed by atoms with E-state index in [1.807, 2.05) is 11.0 Å². The molecule has 128 valence electrons. The molecule has 2 aliphatic heterocycles. The second-order valence-corrected chi connectivity index (χ2v) is 7.38. The van der Waals surface area contributed by atoms with Gasteiger partial charge in [0.05, 0.1) is 5.41 Å². The van der Waals surface area contributed by atoms with Gasteiger partial charge in [0, 0.05) is 26.3 Å². The van der Waals surface area contributed by atoms with Gasteiger partial charge in [-0.3, -0.25) is 4.79 Å². The van der Waals surface area contributed by atoms with E-state index in [1.165, 1.54) is 12.1 Å². The number of fused-ring (bicyclic) bond motifs is 1. The highest BCUT2D eigenvalue weighted by Crippen LogP contribution is 2.40. The molecule has 3 nitrogen and oxygen atoms in total. The summed E-state index contributed by atoms with van der Waals surface area (Å²) in [6.07, 6.45) is 7.91. The van der Waals surface area contributed by atoms with E-state index in [2.05, 4.69) is 12.2 Å². The van der Waals surface area contributed by atoms with Crippen LogP contribution < -0.4 is 0 Å². The van der Waals surface area contributed by atoms with Crippen molar-refractivity contribution in [2.75, 3.05) is 26.3 Å². The van der Waals surface area contributed by atoms with Crippen LogP contribution in [0.4, 0.5) is 4.39 Å². The third-order valence-corrected chi connectivity index (χ3v) is 6.04. The van der Waals surface area contributed by atoms with Gasteiger partial charge in [-0.25, -0.2) is 4.39 Å². The molecule has 4 rings (SSSR count). The molecule has 0 N–H and O–H groups in total. The normalized spacial score (nSPS) is 28.6. The van der Waals surface area contributed by atoms with Crippen LogP contribution in [0.5, 0.6) is 0 Å². The zero-order valence-electron chi connectivity index (χ0n) is 13.9. The Kier molecular flexibility index (Phi) is 4.17. The molecule has 2 atom stereocenters. The molecule has 1 amide bonds. The van der Waals surface area contributed by atoms with Crippen LogP contribution in [0.2, 0.25) is 0 Å². The number of hydrogen-bond acceptors (Lipinski definition) is 2. The summed E-state index contributed by atoms with van der Waals surface area (Å²) in [5.41, 5.74) is 0.185. The second kappa shape index (κ2) is 6.32. The van der Waals surface area contributed by atoms with Gasteiger partial charge in [0.1, 0.15) is 5.82 Å². The number of hydrogen-bond donors (Lipinski definition) is 0. The van der Waals surface area contributed by atoms with Crippen molar-refractivity contribution >= 4 is 5.91 Å². The monoisotopic (exact) mass is 329 g/mol. The number of carbonyl (C=O) groups is 1. The van der Waals surface area contributed by atoms with Crippen LogP contribution in [0.15, 0.2) is 36.4 Å². The smallest absolute Gasteiger partial charge is 0.233 e. The molecule has 2 saturated heterocycles. The van der Waals surface area contributed by atoms with Crippen LogP contribution in [0.25, 0.3) is 0 Å². The summed E-state index contributed by atoms with van der Waals surface area (Å²) in [5.74, 6) is 1.07. The van der Waals surface area contributed by atoms with Crippen molar-refractivity contribution in [2.45, 2.75) is 31.1 Å². The quantitative estimate of drug-likeness (QED) is 0.779. The zero-order chi connectivity index (χ0) is 16.6. The van der Waals surface area contributed by atoms with E-state index >= 15 is 0 Å². The van der Waals surface area contributed by atoms with E-state index in [9.17, 15) is 9.18 Å². The number of allylic oxidation sites excluding steroid dienone is 2. The number of likely N-dealkylation sites (tertiary alicyclic amines) is 1. The highest BCUT2D eigenvalue weighted by molar-refractivity contribution is 5.88. The minimum Gasteiger partial charge on any atom is -0.381 e. The average molecular weight is 329 g/mol. The van der Waals surface area contributed by atoms with E-state index in [0.29, 0.717) is 37.9 Å². The molecule has 2 heterocycles. The fourth-order valence-electron chi connectivity index (χ4n) is 4.62. The van der Waals surface area contributed by atoms with Gasteiger partial charge in [-0.2, -0.15) is 0 Å². The Bertz CT molecular complexity index is 635. The van der Waals surface area contributed by atoms with Crippen molar-refractivity contribution in [1.29, 1.82) is 0 Å². The van der Waals surface area contributed by atoms with E-state index in [4.69, 9.17) is 4.74 Å². The summed E-state index contributed by atoms with van der Waals surface area (Å²) in [6, 6.07) is 6.59. The Labute approximate surface area is 142 Å². The van der Waals surface area contributed by atoms with Gasteiger partial charge in [0.15, 0.2) is 0 Å². The molecule has 0 spiro atoms. The number of amides is 1. The minimum atomic E-state index is -0.624. The van der Waals surface area contributed by atoms with Crippen LogP contribution in [0.3, 0.4) is 0 Å². The SMILES string of the molecule is O=C(N1C[C@H]2CC=CC[C@@H]2C1)C1(c2cccc(F)c2)CCOCC1. The maximum atomic E-state index is 13.8. The van der Waals surface area contributed by atoms with Gasteiger partial charge >= 0.3 is 0 Å². The van der Waals surface area contributed by atoms with Gasteiger partial charge in [0.25, 0.3) is 0 Å². The lowest BCUT2D eigenvalue weighted by molar-refractivity contribution is -0.140. The highest BCUT2D eigenvalue weighted by Gasteiger charge is 2.47. The topological polar surface area (TPSA) is 29.5 Å². The first kappa shape index (κ1) is 15.8. The van der Waals surface area contributed by atoms with Crippen molar-refractivity contribution in [2.24, 2.45) is 11.8 Å². The summed E-state index contributed by atoms with van der Waals surface area (Å²) >= 11 is 0. The van der Waals surface area contributed by atoms with Crippen LogP contribution >= 0.6 is 0 Å². The van der Waals surface area contributed by atoms with E-state index in [-0.39, 0.29) is 11.7 Å². The maximum Gasteiger partial charge on any atom is 0.233 e. The lowest BCUT2D eigenvalue weighted by Gasteiger charge is -2.39. The Morgan fingerprint density at radius 3 is 2.42 bits per heavy atom. The molecule has 0 saturated carbocycles. The van der Waals surface area contributed by atoms with Crippen LogP contribution in [0.1, 0.15) is 31.2 Å². The van der Waals surface area contributed by atoms with Crippen LogP contribution in [0, 0.1) is 17.7 Å². The maximum absolute atomic E-state index is 13.8. The summed E-state index contributed by atoms with van der Waals surface area (Å²) in [4.78, 5) is 15.5. The molecule has 0 aromatic heterocycles. The lowest BCUT2D eigenvalue weighted by atomic mass is 9.73. The predicted molar refractivity (Wildman–Crippen MR) is 90.1 cm³/mol. The molecule has 24 heavy (non-hydrogen) atoms. The van der Waals surface area contributed by atoms with Gasteiger partial charge in [-0.1, -0.05) is 24.3 Å². The number of benzene rings is 1. The van der Waals surface area contributed by atoms with Crippen molar-refractivity contribution < 1.29 is 13.9 Å². The summed E-state index contributed by atoms with van der Waals surface area (Å²) in [5, 5.41) is 0.